The van der Waals surface area contributed by atoms with Crippen LogP contribution in [0.5, 0.6) is 0 Å². The summed E-state index contributed by atoms with van der Waals surface area (Å²) in [7, 11) is 0. The zero-order chi connectivity index (χ0) is 13.6. The maximum Gasteiger partial charge on any atom is 0.242 e. The third-order valence-corrected chi connectivity index (χ3v) is 2.28. The first-order valence-corrected chi connectivity index (χ1v) is 5.89. The molecule has 17 heavy (non-hydrogen) atoms. The second-order valence-electron chi connectivity index (χ2n) is 5.30. The van der Waals surface area contributed by atoms with E-state index in [1.807, 2.05) is 34.6 Å². The molecule has 0 saturated heterocycles. The summed E-state index contributed by atoms with van der Waals surface area (Å²) in [6.07, 6.45) is 0. The average Bonchev–Trinajstić information content (AvgIpc) is 2.20. The highest BCUT2D eigenvalue weighted by molar-refractivity contribution is 5.87. The normalized spacial score (nSPS) is 10.9. The molecule has 0 aromatic heterocycles. The van der Waals surface area contributed by atoms with Gasteiger partial charge in [0.1, 0.15) is 0 Å². The molecule has 0 aliphatic rings. The van der Waals surface area contributed by atoms with Crippen LogP contribution in [0.4, 0.5) is 0 Å². The largest absolute Gasteiger partial charge is 0.347 e. The standard InChI is InChI=1S/C13H24N2O2/c1-7-15(9-10(2)3)11(16)8-14-12(17)13(4,5)6/h2,7-9H2,1,3-6H3,(H,14,17). The molecule has 2 amide bonds. The Hall–Kier alpha value is -1.32. The molecule has 0 aliphatic carbocycles. The second kappa shape index (κ2) is 6.42. The van der Waals surface area contributed by atoms with Crippen molar-refractivity contribution in [3.63, 3.8) is 0 Å². The monoisotopic (exact) mass is 240 g/mol. The Balaban J connectivity index is 4.25. The number of carbonyl (C=O) groups excluding carboxylic acids is 2. The predicted octanol–water partition coefficient (Wildman–Crippen LogP) is 1.57. The van der Waals surface area contributed by atoms with E-state index in [0.29, 0.717) is 13.1 Å². The summed E-state index contributed by atoms with van der Waals surface area (Å²) in [6, 6.07) is 0. The van der Waals surface area contributed by atoms with E-state index in [2.05, 4.69) is 11.9 Å². The molecule has 1 N–H and O–H groups in total. The maximum atomic E-state index is 11.8. The Morgan fingerprint density at radius 2 is 1.82 bits per heavy atom. The molecule has 4 nitrogen and oxygen atoms in total. The van der Waals surface area contributed by atoms with E-state index >= 15 is 0 Å². The molecule has 0 spiro atoms. The molecule has 0 aromatic rings. The smallest absolute Gasteiger partial charge is 0.242 e. The number of rotatable bonds is 5. The third kappa shape index (κ3) is 6.09. The minimum atomic E-state index is -0.467. The Morgan fingerprint density at radius 3 is 2.18 bits per heavy atom. The summed E-state index contributed by atoms with van der Waals surface area (Å²) in [5, 5.41) is 2.65. The van der Waals surface area contributed by atoms with E-state index in [0.717, 1.165) is 5.57 Å². The first-order valence-electron chi connectivity index (χ1n) is 5.89. The average molecular weight is 240 g/mol. The van der Waals surface area contributed by atoms with E-state index in [1.165, 1.54) is 0 Å². The minimum Gasteiger partial charge on any atom is -0.347 e. The molecule has 0 atom stereocenters. The van der Waals surface area contributed by atoms with Crippen LogP contribution >= 0.6 is 0 Å². The topological polar surface area (TPSA) is 49.4 Å². The number of nitrogens with zero attached hydrogens (tertiary/aromatic N) is 1. The van der Waals surface area contributed by atoms with Crippen LogP contribution in [0.2, 0.25) is 0 Å². The van der Waals surface area contributed by atoms with Crippen LogP contribution in [0.15, 0.2) is 12.2 Å². The van der Waals surface area contributed by atoms with Gasteiger partial charge in [-0.3, -0.25) is 9.59 Å². The van der Waals surface area contributed by atoms with Crippen LogP contribution in [0, 0.1) is 5.41 Å². The van der Waals surface area contributed by atoms with Gasteiger partial charge in [0.15, 0.2) is 0 Å². The molecule has 0 rings (SSSR count). The third-order valence-electron chi connectivity index (χ3n) is 2.28. The van der Waals surface area contributed by atoms with E-state index in [1.54, 1.807) is 4.90 Å². The van der Waals surface area contributed by atoms with Crippen molar-refractivity contribution in [1.29, 1.82) is 0 Å². The lowest BCUT2D eigenvalue weighted by atomic mass is 9.96. The number of carbonyl (C=O) groups is 2. The molecule has 4 heteroatoms. The molecule has 98 valence electrons. The lowest BCUT2D eigenvalue weighted by Crippen LogP contribution is -2.43. The summed E-state index contributed by atoms with van der Waals surface area (Å²) in [6.45, 7) is 14.2. The van der Waals surface area contributed by atoms with Gasteiger partial charge in [-0.25, -0.2) is 0 Å². The summed E-state index contributed by atoms with van der Waals surface area (Å²) < 4.78 is 0. The number of hydrogen-bond acceptors (Lipinski definition) is 2. The fraction of sp³-hybridized carbons (Fsp3) is 0.692. The van der Waals surface area contributed by atoms with Crippen molar-refractivity contribution in [1.82, 2.24) is 10.2 Å². The van der Waals surface area contributed by atoms with Gasteiger partial charge in [-0.2, -0.15) is 0 Å². The Morgan fingerprint density at radius 1 is 1.29 bits per heavy atom. The Kier molecular flexibility index (Phi) is 5.93. The summed E-state index contributed by atoms with van der Waals surface area (Å²) in [4.78, 5) is 25.1. The molecule has 0 heterocycles. The molecule has 0 bridgehead atoms. The van der Waals surface area contributed by atoms with E-state index in [9.17, 15) is 9.59 Å². The predicted molar refractivity (Wildman–Crippen MR) is 69.5 cm³/mol. The quantitative estimate of drug-likeness (QED) is 0.742. The molecule has 0 unspecified atom stereocenters. The number of hydrogen-bond donors (Lipinski definition) is 1. The van der Waals surface area contributed by atoms with Crippen LogP contribution < -0.4 is 5.32 Å². The molecule has 0 aromatic carbocycles. The van der Waals surface area contributed by atoms with Gasteiger partial charge in [0.05, 0.1) is 6.54 Å². The fourth-order valence-electron chi connectivity index (χ4n) is 1.24. The van der Waals surface area contributed by atoms with Gasteiger partial charge in [-0.05, 0) is 13.8 Å². The maximum absolute atomic E-state index is 11.8. The van der Waals surface area contributed by atoms with Crippen molar-refractivity contribution in [2.75, 3.05) is 19.6 Å². The van der Waals surface area contributed by atoms with Crippen LogP contribution in [0.3, 0.4) is 0 Å². The molecule has 0 radical (unpaired) electrons. The number of likely N-dealkylation sites (N-methyl/N-ethyl adjacent to an activating group) is 1. The van der Waals surface area contributed by atoms with Gasteiger partial charge < -0.3 is 10.2 Å². The molecule has 0 aliphatic heterocycles. The van der Waals surface area contributed by atoms with Crippen molar-refractivity contribution in [2.24, 2.45) is 5.41 Å². The van der Waals surface area contributed by atoms with Gasteiger partial charge in [0.25, 0.3) is 0 Å². The summed E-state index contributed by atoms with van der Waals surface area (Å²) in [5.74, 6) is -0.190. The van der Waals surface area contributed by atoms with Crippen molar-refractivity contribution in [3.8, 4) is 0 Å². The van der Waals surface area contributed by atoms with E-state index < -0.39 is 5.41 Å². The number of nitrogens with one attached hydrogen (secondary N) is 1. The first kappa shape index (κ1) is 15.7. The SMILES string of the molecule is C=C(C)CN(CC)C(=O)CNC(=O)C(C)(C)C. The fourth-order valence-corrected chi connectivity index (χ4v) is 1.24. The van der Waals surface area contributed by atoms with Crippen LogP contribution in [-0.2, 0) is 9.59 Å². The molecule has 0 fully saturated rings. The minimum absolute atomic E-state index is 0.0528. The van der Waals surface area contributed by atoms with Crippen molar-refractivity contribution >= 4 is 11.8 Å². The highest BCUT2D eigenvalue weighted by Crippen LogP contribution is 2.12. The summed E-state index contributed by atoms with van der Waals surface area (Å²) in [5.41, 5.74) is 0.466. The van der Waals surface area contributed by atoms with E-state index in [4.69, 9.17) is 0 Å². The van der Waals surface area contributed by atoms with Crippen LogP contribution in [0.1, 0.15) is 34.6 Å². The van der Waals surface area contributed by atoms with Gasteiger partial charge in [-0.15, -0.1) is 0 Å². The molecular formula is C13H24N2O2. The first-order chi connectivity index (χ1) is 7.68. The van der Waals surface area contributed by atoms with Crippen molar-refractivity contribution in [2.45, 2.75) is 34.6 Å². The zero-order valence-electron chi connectivity index (χ0n) is 11.6. The van der Waals surface area contributed by atoms with Gasteiger partial charge in [0, 0.05) is 18.5 Å². The van der Waals surface area contributed by atoms with E-state index in [-0.39, 0.29) is 18.4 Å². The molecule has 0 saturated carbocycles. The van der Waals surface area contributed by atoms with Crippen LogP contribution in [-0.4, -0.2) is 36.3 Å². The molecular weight excluding hydrogens is 216 g/mol. The van der Waals surface area contributed by atoms with Crippen molar-refractivity contribution in [3.05, 3.63) is 12.2 Å². The lowest BCUT2D eigenvalue weighted by molar-refractivity contribution is -0.134. The van der Waals surface area contributed by atoms with Crippen molar-refractivity contribution < 1.29 is 9.59 Å². The Labute approximate surface area is 104 Å². The Bertz CT molecular complexity index is 303. The van der Waals surface area contributed by atoms with Gasteiger partial charge >= 0.3 is 0 Å². The second-order valence-corrected chi connectivity index (χ2v) is 5.30. The highest BCUT2D eigenvalue weighted by atomic mass is 16.2. The van der Waals surface area contributed by atoms with Gasteiger partial charge in [-0.1, -0.05) is 32.9 Å². The van der Waals surface area contributed by atoms with Crippen LogP contribution in [0.25, 0.3) is 0 Å². The van der Waals surface area contributed by atoms with Gasteiger partial charge in [0.2, 0.25) is 11.8 Å². The zero-order valence-corrected chi connectivity index (χ0v) is 11.6. The highest BCUT2D eigenvalue weighted by Gasteiger charge is 2.22. The number of amides is 2. The summed E-state index contributed by atoms with van der Waals surface area (Å²) >= 11 is 0. The lowest BCUT2D eigenvalue weighted by Gasteiger charge is -2.23.